The first-order valence-electron chi connectivity index (χ1n) is 6.99. The third kappa shape index (κ3) is 2.70. The van der Waals surface area contributed by atoms with Crippen molar-refractivity contribution < 1.29 is 4.79 Å². The van der Waals surface area contributed by atoms with Gasteiger partial charge in [0.15, 0.2) is 0 Å². The number of anilines is 1. The molecule has 1 aliphatic rings. The van der Waals surface area contributed by atoms with Crippen LogP contribution in [-0.2, 0) is 19.4 Å². The lowest BCUT2D eigenvalue weighted by atomic mass is 10.1. The van der Waals surface area contributed by atoms with Gasteiger partial charge in [0.05, 0.1) is 6.54 Å². The third-order valence-corrected chi connectivity index (χ3v) is 4.80. The van der Waals surface area contributed by atoms with Gasteiger partial charge < -0.3 is 10.6 Å². The van der Waals surface area contributed by atoms with Crippen LogP contribution in [0.1, 0.15) is 32.6 Å². The number of carbonyl (C=O) groups is 1. The van der Waals surface area contributed by atoms with Gasteiger partial charge in [-0.1, -0.05) is 13.0 Å². The lowest BCUT2D eigenvalue weighted by Gasteiger charge is -2.06. The van der Waals surface area contributed by atoms with Crippen LogP contribution in [0.15, 0.2) is 30.3 Å². The van der Waals surface area contributed by atoms with E-state index >= 15 is 0 Å². The molecule has 2 heterocycles. The maximum Gasteiger partial charge on any atom is 0.251 e. The van der Waals surface area contributed by atoms with E-state index in [1.54, 1.807) is 11.3 Å². The van der Waals surface area contributed by atoms with Crippen molar-refractivity contribution in [2.24, 2.45) is 0 Å². The van der Waals surface area contributed by atoms with Crippen LogP contribution in [0.25, 0.3) is 0 Å². The summed E-state index contributed by atoms with van der Waals surface area (Å²) in [6.07, 6.45) is 2.10. The maximum atomic E-state index is 12.2. The van der Waals surface area contributed by atoms with E-state index in [-0.39, 0.29) is 5.91 Å². The fourth-order valence-electron chi connectivity index (χ4n) is 2.41. The summed E-state index contributed by atoms with van der Waals surface area (Å²) in [4.78, 5) is 14.7. The van der Waals surface area contributed by atoms with E-state index in [4.69, 9.17) is 0 Å². The van der Waals surface area contributed by atoms with E-state index < -0.39 is 0 Å². The molecule has 3 rings (SSSR count). The summed E-state index contributed by atoms with van der Waals surface area (Å²) in [6, 6.07) is 10.1. The van der Waals surface area contributed by atoms with Crippen LogP contribution in [0.3, 0.4) is 0 Å². The predicted octanol–water partition coefficient (Wildman–Crippen LogP) is 3.21. The molecule has 0 fully saturated rings. The molecule has 20 heavy (non-hydrogen) atoms. The molecule has 0 saturated heterocycles. The van der Waals surface area contributed by atoms with Crippen LogP contribution in [0.2, 0.25) is 0 Å². The van der Waals surface area contributed by atoms with Crippen molar-refractivity contribution >= 4 is 22.9 Å². The van der Waals surface area contributed by atoms with E-state index in [0.29, 0.717) is 6.54 Å². The van der Waals surface area contributed by atoms with Gasteiger partial charge in [-0.3, -0.25) is 4.79 Å². The molecule has 0 atom stereocenters. The lowest BCUT2D eigenvalue weighted by molar-refractivity contribution is 0.0951. The molecule has 104 valence electrons. The molecule has 0 aliphatic carbocycles. The van der Waals surface area contributed by atoms with E-state index in [1.165, 1.54) is 15.3 Å². The molecule has 3 nitrogen and oxygen atoms in total. The van der Waals surface area contributed by atoms with Crippen LogP contribution in [0.5, 0.6) is 0 Å². The molecule has 1 aliphatic heterocycles. The Bertz CT molecular complexity index is 633. The first-order valence-corrected chi connectivity index (χ1v) is 7.80. The zero-order chi connectivity index (χ0) is 13.9. The van der Waals surface area contributed by atoms with E-state index in [1.807, 2.05) is 18.2 Å². The van der Waals surface area contributed by atoms with Crippen molar-refractivity contribution in [3.63, 3.8) is 0 Å². The summed E-state index contributed by atoms with van der Waals surface area (Å²) in [5, 5.41) is 6.29. The zero-order valence-corrected chi connectivity index (χ0v) is 12.3. The van der Waals surface area contributed by atoms with Crippen molar-refractivity contribution in [3.8, 4) is 0 Å². The van der Waals surface area contributed by atoms with Gasteiger partial charge in [0.1, 0.15) is 0 Å². The standard InChI is InChI=1S/C16H18N2OS/c1-2-13-5-6-14(20-13)10-18-16(19)12-4-3-11-7-8-17-15(11)9-12/h3-6,9,17H,2,7-8,10H2,1H3,(H,18,19). The summed E-state index contributed by atoms with van der Waals surface area (Å²) >= 11 is 1.76. The fourth-order valence-corrected chi connectivity index (χ4v) is 3.31. The first-order chi connectivity index (χ1) is 9.76. The number of hydrogen-bond donors (Lipinski definition) is 2. The normalized spacial score (nSPS) is 12.8. The molecule has 0 spiro atoms. The number of fused-ring (bicyclic) bond motifs is 1. The van der Waals surface area contributed by atoms with Crippen LogP contribution < -0.4 is 10.6 Å². The highest BCUT2D eigenvalue weighted by molar-refractivity contribution is 7.11. The van der Waals surface area contributed by atoms with E-state index in [2.05, 4.69) is 29.7 Å². The van der Waals surface area contributed by atoms with Crippen molar-refractivity contribution in [2.45, 2.75) is 26.3 Å². The Balaban J connectivity index is 1.64. The Morgan fingerprint density at radius 2 is 2.15 bits per heavy atom. The summed E-state index contributed by atoms with van der Waals surface area (Å²) < 4.78 is 0. The number of thiophene rings is 1. The smallest absolute Gasteiger partial charge is 0.251 e. The Hall–Kier alpha value is -1.81. The van der Waals surface area contributed by atoms with Crippen LogP contribution in [0.4, 0.5) is 5.69 Å². The maximum absolute atomic E-state index is 12.2. The minimum atomic E-state index is -0.00653. The quantitative estimate of drug-likeness (QED) is 0.906. The molecule has 2 aromatic rings. The van der Waals surface area contributed by atoms with Gasteiger partial charge >= 0.3 is 0 Å². The van der Waals surface area contributed by atoms with Crippen LogP contribution in [-0.4, -0.2) is 12.5 Å². The molecule has 0 bridgehead atoms. The molecular weight excluding hydrogens is 268 g/mol. The highest BCUT2D eigenvalue weighted by atomic mass is 32.1. The van der Waals surface area contributed by atoms with Gasteiger partial charge in [-0.25, -0.2) is 0 Å². The number of aryl methyl sites for hydroxylation is 1. The number of rotatable bonds is 4. The molecular formula is C16H18N2OS. The summed E-state index contributed by atoms with van der Waals surface area (Å²) in [5.41, 5.74) is 3.12. The number of hydrogen-bond acceptors (Lipinski definition) is 3. The van der Waals surface area contributed by atoms with Gasteiger partial charge in [0, 0.05) is 27.5 Å². The fraction of sp³-hybridized carbons (Fsp3) is 0.312. The Morgan fingerprint density at radius 1 is 1.30 bits per heavy atom. The molecule has 1 amide bonds. The summed E-state index contributed by atoms with van der Waals surface area (Å²) in [6.45, 7) is 3.72. The van der Waals surface area contributed by atoms with Crippen molar-refractivity contribution in [1.29, 1.82) is 0 Å². The van der Waals surface area contributed by atoms with Crippen LogP contribution in [0, 0.1) is 0 Å². The molecule has 1 aromatic heterocycles. The highest BCUT2D eigenvalue weighted by Gasteiger charge is 2.13. The van der Waals surface area contributed by atoms with E-state index in [9.17, 15) is 4.79 Å². The number of carbonyl (C=O) groups excluding carboxylic acids is 1. The zero-order valence-electron chi connectivity index (χ0n) is 11.5. The highest BCUT2D eigenvalue weighted by Crippen LogP contribution is 2.23. The number of benzene rings is 1. The minimum absolute atomic E-state index is 0.00653. The van der Waals surface area contributed by atoms with Gasteiger partial charge in [-0.15, -0.1) is 11.3 Å². The molecule has 2 N–H and O–H groups in total. The van der Waals surface area contributed by atoms with Gasteiger partial charge in [-0.05, 0) is 42.7 Å². The van der Waals surface area contributed by atoms with Crippen molar-refractivity contribution in [3.05, 3.63) is 51.2 Å². The molecule has 0 saturated carbocycles. The third-order valence-electron chi connectivity index (χ3n) is 3.57. The number of nitrogens with one attached hydrogen (secondary N) is 2. The van der Waals surface area contributed by atoms with Crippen molar-refractivity contribution in [2.75, 3.05) is 11.9 Å². The average molecular weight is 286 g/mol. The van der Waals surface area contributed by atoms with Crippen molar-refractivity contribution in [1.82, 2.24) is 5.32 Å². The molecule has 0 radical (unpaired) electrons. The monoisotopic (exact) mass is 286 g/mol. The molecule has 0 unspecified atom stereocenters. The number of amides is 1. The molecule has 1 aromatic carbocycles. The Kier molecular flexibility index (Phi) is 3.74. The second-order valence-corrected chi connectivity index (χ2v) is 6.21. The topological polar surface area (TPSA) is 41.1 Å². The minimum Gasteiger partial charge on any atom is -0.384 e. The first kappa shape index (κ1) is 13.2. The molecule has 4 heteroatoms. The Morgan fingerprint density at radius 3 is 2.95 bits per heavy atom. The predicted molar refractivity (Wildman–Crippen MR) is 83.5 cm³/mol. The van der Waals surface area contributed by atoms with Gasteiger partial charge in [0.2, 0.25) is 0 Å². The summed E-state index contributed by atoms with van der Waals surface area (Å²) in [7, 11) is 0. The van der Waals surface area contributed by atoms with Gasteiger partial charge in [0.25, 0.3) is 5.91 Å². The largest absolute Gasteiger partial charge is 0.384 e. The SMILES string of the molecule is CCc1ccc(CNC(=O)c2ccc3c(c2)NCC3)s1. The lowest BCUT2D eigenvalue weighted by Crippen LogP contribution is -2.22. The second kappa shape index (κ2) is 5.67. The van der Waals surface area contributed by atoms with Crippen LogP contribution >= 0.6 is 11.3 Å². The second-order valence-electron chi connectivity index (χ2n) is 4.95. The van der Waals surface area contributed by atoms with Gasteiger partial charge in [-0.2, -0.15) is 0 Å². The summed E-state index contributed by atoms with van der Waals surface area (Å²) in [5.74, 6) is -0.00653. The Labute approximate surface area is 123 Å². The average Bonchev–Trinajstić information content (AvgIpc) is 3.12. The van der Waals surface area contributed by atoms with E-state index in [0.717, 1.165) is 30.6 Å².